The third-order valence-corrected chi connectivity index (χ3v) is 2.96. The zero-order chi connectivity index (χ0) is 9.14. The minimum Gasteiger partial charge on any atom is -0.0958 e. The Balaban J connectivity index is 2.68. The second-order valence-corrected chi connectivity index (χ2v) is 4.39. The van der Waals surface area contributed by atoms with Gasteiger partial charge < -0.3 is 0 Å². The zero-order valence-corrected chi connectivity index (χ0v) is 8.51. The average molecular weight is 164 g/mol. The maximum atomic E-state index is 4.05. The van der Waals surface area contributed by atoms with Crippen molar-refractivity contribution in [2.24, 2.45) is 17.8 Å². The monoisotopic (exact) mass is 164 g/mol. The Bertz CT molecular complexity index is 188. The average Bonchev–Trinajstić information content (AvgIpc) is 1.99. The quantitative estimate of drug-likeness (QED) is 0.511. The van der Waals surface area contributed by atoms with Crippen LogP contribution in [-0.4, -0.2) is 0 Å². The lowest BCUT2D eigenvalue weighted by Crippen LogP contribution is -2.13. The van der Waals surface area contributed by atoms with E-state index in [-0.39, 0.29) is 0 Å². The molecule has 0 aromatic rings. The highest BCUT2D eigenvalue weighted by atomic mass is 14.2. The Kier molecular flexibility index (Phi) is 3.13. The number of hydrogen-bond acceptors (Lipinski definition) is 0. The molecule has 0 aromatic carbocycles. The smallest absolute Gasteiger partial charge is 0.0256 e. The van der Waals surface area contributed by atoms with Crippen LogP contribution in [0.25, 0.3) is 0 Å². The van der Waals surface area contributed by atoms with Crippen molar-refractivity contribution in [1.82, 2.24) is 0 Å². The summed E-state index contributed by atoms with van der Waals surface area (Å²) in [7, 11) is 0. The number of rotatable bonds is 0. The van der Waals surface area contributed by atoms with E-state index < -0.39 is 0 Å². The van der Waals surface area contributed by atoms with E-state index in [2.05, 4.69) is 39.5 Å². The molecule has 0 nitrogen and oxygen atoms in total. The molecule has 12 heavy (non-hydrogen) atoms. The fraction of sp³-hybridized carbons (Fsp3) is 0.667. The third kappa shape index (κ3) is 2.51. The molecule has 0 radical (unpaired) electrons. The lowest BCUT2D eigenvalue weighted by Gasteiger charge is -2.24. The second-order valence-electron chi connectivity index (χ2n) is 4.39. The van der Waals surface area contributed by atoms with E-state index in [0.717, 1.165) is 17.8 Å². The van der Waals surface area contributed by atoms with Crippen molar-refractivity contribution in [3.05, 3.63) is 24.3 Å². The summed E-state index contributed by atoms with van der Waals surface area (Å²) in [6.45, 7) is 11.0. The van der Waals surface area contributed by atoms with E-state index in [4.69, 9.17) is 0 Å². The molecule has 68 valence electrons. The van der Waals surface area contributed by atoms with Crippen LogP contribution in [0.5, 0.6) is 0 Å². The highest BCUT2D eigenvalue weighted by Crippen LogP contribution is 2.28. The highest BCUT2D eigenvalue weighted by Gasteiger charge is 2.16. The van der Waals surface area contributed by atoms with Crippen molar-refractivity contribution >= 4 is 0 Å². The van der Waals surface area contributed by atoms with Crippen LogP contribution in [0.1, 0.15) is 33.6 Å². The molecule has 0 aromatic heterocycles. The Hall–Kier alpha value is -0.520. The molecular weight excluding hydrogens is 144 g/mol. The van der Waals surface area contributed by atoms with Crippen LogP contribution in [0.15, 0.2) is 24.3 Å². The van der Waals surface area contributed by atoms with E-state index >= 15 is 0 Å². The lowest BCUT2D eigenvalue weighted by molar-refractivity contribution is 0.331. The van der Waals surface area contributed by atoms with Gasteiger partial charge in [-0.2, -0.15) is 0 Å². The summed E-state index contributed by atoms with van der Waals surface area (Å²) in [5.41, 5.74) is 1.29. The lowest BCUT2D eigenvalue weighted by atomic mass is 9.81. The normalized spacial score (nSPS) is 37.6. The van der Waals surface area contributed by atoms with Crippen molar-refractivity contribution in [3.8, 4) is 0 Å². The molecule has 0 fully saturated rings. The SMILES string of the molecule is C=C1C=CC(C)CC(C)C(C)C1. The first kappa shape index (κ1) is 9.57. The second kappa shape index (κ2) is 3.93. The molecule has 3 atom stereocenters. The van der Waals surface area contributed by atoms with Gasteiger partial charge >= 0.3 is 0 Å². The van der Waals surface area contributed by atoms with Gasteiger partial charge in [-0.3, -0.25) is 0 Å². The molecule has 1 aliphatic carbocycles. The van der Waals surface area contributed by atoms with Crippen LogP contribution < -0.4 is 0 Å². The third-order valence-electron chi connectivity index (χ3n) is 2.96. The topological polar surface area (TPSA) is 0 Å². The summed E-state index contributed by atoms with van der Waals surface area (Å²) in [6, 6.07) is 0. The van der Waals surface area contributed by atoms with Gasteiger partial charge in [0.15, 0.2) is 0 Å². The standard InChI is InChI=1S/C12H20/c1-9-5-6-10(2)8-12(4)11(3)7-9/h5-6,10-12H,1,7-8H2,2-4H3. The number of hydrogen-bond donors (Lipinski definition) is 0. The molecule has 3 unspecified atom stereocenters. The summed E-state index contributed by atoms with van der Waals surface area (Å²) in [5, 5.41) is 0. The predicted octanol–water partition coefficient (Wildman–Crippen LogP) is 3.80. The largest absolute Gasteiger partial charge is 0.0958 e. The van der Waals surface area contributed by atoms with Crippen LogP contribution in [0.3, 0.4) is 0 Å². The Morgan fingerprint density at radius 3 is 2.58 bits per heavy atom. The summed E-state index contributed by atoms with van der Waals surface area (Å²) in [6.07, 6.45) is 6.99. The van der Waals surface area contributed by atoms with Crippen molar-refractivity contribution in [1.29, 1.82) is 0 Å². The molecule has 0 heteroatoms. The first-order chi connectivity index (χ1) is 5.59. The van der Waals surface area contributed by atoms with Crippen LogP contribution in [0, 0.1) is 17.8 Å². The molecule has 0 heterocycles. The highest BCUT2D eigenvalue weighted by molar-refractivity contribution is 5.16. The summed E-state index contributed by atoms with van der Waals surface area (Å²) in [5.74, 6) is 2.35. The molecule has 1 rings (SSSR count). The predicted molar refractivity (Wildman–Crippen MR) is 55.0 cm³/mol. The molecule has 0 bridgehead atoms. The molecule has 1 aliphatic rings. The van der Waals surface area contributed by atoms with Crippen molar-refractivity contribution < 1.29 is 0 Å². The van der Waals surface area contributed by atoms with Gasteiger partial charge in [-0.25, -0.2) is 0 Å². The van der Waals surface area contributed by atoms with Crippen LogP contribution >= 0.6 is 0 Å². The summed E-state index contributed by atoms with van der Waals surface area (Å²) >= 11 is 0. The fourth-order valence-electron chi connectivity index (χ4n) is 1.88. The first-order valence-electron chi connectivity index (χ1n) is 4.95. The molecule has 0 saturated carbocycles. The van der Waals surface area contributed by atoms with Gasteiger partial charge in [0.05, 0.1) is 0 Å². The van der Waals surface area contributed by atoms with Gasteiger partial charge in [-0.1, -0.05) is 45.1 Å². The molecule has 0 N–H and O–H groups in total. The van der Waals surface area contributed by atoms with E-state index in [1.165, 1.54) is 18.4 Å². The minimum absolute atomic E-state index is 0.722. The van der Waals surface area contributed by atoms with Crippen molar-refractivity contribution in [2.45, 2.75) is 33.6 Å². The Morgan fingerprint density at radius 2 is 1.92 bits per heavy atom. The van der Waals surface area contributed by atoms with E-state index in [9.17, 15) is 0 Å². The van der Waals surface area contributed by atoms with E-state index in [0.29, 0.717) is 0 Å². The number of allylic oxidation sites excluding steroid dienone is 3. The van der Waals surface area contributed by atoms with E-state index in [1.54, 1.807) is 0 Å². The first-order valence-corrected chi connectivity index (χ1v) is 4.95. The fourth-order valence-corrected chi connectivity index (χ4v) is 1.88. The van der Waals surface area contributed by atoms with Gasteiger partial charge in [0.1, 0.15) is 0 Å². The van der Waals surface area contributed by atoms with Crippen LogP contribution in [0.4, 0.5) is 0 Å². The molecule has 0 aliphatic heterocycles. The molecular formula is C12H20. The Labute approximate surface area is 76.4 Å². The summed E-state index contributed by atoms with van der Waals surface area (Å²) < 4.78 is 0. The van der Waals surface area contributed by atoms with Gasteiger partial charge in [-0.05, 0) is 30.6 Å². The molecule has 0 amide bonds. The molecule has 0 spiro atoms. The van der Waals surface area contributed by atoms with Gasteiger partial charge in [0.25, 0.3) is 0 Å². The van der Waals surface area contributed by atoms with Gasteiger partial charge in [0, 0.05) is 0 Å². The minimum atomic E-state index is 0.722. The van der Waals surface area contributed by atoms with Crippen molar-refractivity contribution in [3.63, 3.8) is 0 Å². The van der Waals surface area contributed by atoms with Crippen molar-refractivity contribution in [2.75, 3.05) is 0 Å². The molecule has 0 saturated heterocycles. The summed E-state index contributed by atoms with van der Waals surface area (Å²) in [4.78, 5) is 0. The Morgan fingerprint density at radius 1 is 1.25 bits per heavy atom. The maximum absolute atomic E-state index is 4.05. The maximum Gasteiger partial charge on any atom is -0.0256 e. The van der Waals surface area contributed by atoms with Gasteiger partial charge in [0.2, 0.25) is 0 Å². The van der Waals surface area contributed by atoms with E-state index in [1.807, 2.05) is 0 Å². The van der Waals surface area contributed by atoms with Gasteiger partial charge in [-0.15, -0.1) is 0 Å². The van der Waals surface area contributed by atoms with Crippen LogP contribution in [0.2, 0.25) is 0 Å². The zero-order valence-electron chi connectivity index (χ0n) is 8.51. The van der Waals surface area contributed by atoms with Crippen LogP contribution in [-0.2, 0) is 0 Å².